The molecule has 176 valence electrons. The number of nitrogens with one attached hydrogen (secondary N) is 1. The van der Waals surface area contributed by atoms with Crippen LogP contribution in [0, 0.1) is 11.7 Å². The summed E-state index contributed by atoms with van der Waals surface area (Å²) in [5.74, 6) is -2.29. The molecule has 2 heterocycles. The Kier molecular flexibility index (Phi) is 6.08. The smallest absolute Gasteiger partial charge is 0.373 e. The third-order valence-corrected chi connectivity index (χ3v) is 5.85. The summed E-state index contributed by atoms with van der Waals surface area (Å²) in [5, 5.41) is 8.08. The summed E-state index contributed by atoms with van der Waals surface area (Å²) in [5.41, 5.74) is -2.50. The highest BCUT2D eigenvalue weighted by Crippen LogP contribution is 2.38. The maximum Gasteiger partial charge on any atom is 0.416 e. The number of ether oxygens (including phenoxy) is 1. The van der Waals surface area contributed by atoms with Crippen LogP contribution in [0.4, 0.5) is 17.6 Å². The summed E-state index contributed by atoms with van der Waals surface area (Å²) in [6.07, 6.45) is 0.744. The number of alkyl halides is 3. The Morgan fingerprint density at radius 2 is 2.12 bits per heavy atom. The summed E-state index contributed by atoms with van der Waals surface area (Å²) in [4.78, 5) is 30.4. The Hall–Kier alpha value is -3.08. The Bertz CT molecular complexity index is 1050. The molecule has 1 N–H and O–H groups in total. The number of rotatable bonds is 5. The summed E-state index contributed by atoms with van der Waals surface area (Å²) >= 11 is 0. The van der Waals surface area contributed by atoms with Gasteiger partial charge in [0.05, 0.1) is 12.2 Å². The van der Waals surface area contributed by atoms with Gasteiger partial charge in [-0.2, -0.15) is 18.3 Å². The molecule has 1 amide bonds. The van der Waals surface area contributed by atoms with Crippen molar-refractivity contribution in [2.45, 2.75) is 44.1 Å². The molecule has 0 aromatic heterocycles. The van der Waals surface area contributed by atoms with E-state index in [1.165, 1.54) is 11.2 Å². The van der Waals surface area contributed by atoms with Gasteiger partial charge in [0.25, 0.3) is 5.91 Å². The molecule has 1 saturated heterocycles. The van der Waals surface area contributed by atoms with Crippen molar-refractivity contribution in [3.8, 4) is 0 Å². The first-order chi connectivity index (χ1) is 15.7. The van der Waals surface area contributed by atoms with E-state index in [0.717, 1.165) is 24.5 Å². The molecule has 4 rings (SSSR count). The number of hydrogen-bond acceptors (Lipinski definition) is 6. The van der Waals surface area contributed by atoms with E-state index in [-0.39, 0.29) is 18.6 Å². The van der Waals surface area contributed by atoms with E-state index in [1.807, 2.05) is 0 Å². The number of hydrogen-bond donors (Lipinski definition) is 1. The van der Waals surface area contributed by atoms with Crippen LogP contribution in [-0.2, 0) is 26.0 Å². The quantitative estimate of drug-likeness (QED) is 0.534. The Balaban J connectivity index is 1.67. The summed E-state index contributed by atoms with van der Waals surface area (Å²) < 4.78 is 59.1. The molecule has 2 aliphatic heterocycles. The number of benzene rings is 1. The average Bonchev–Trinajstić information content (AvgIpc) is 3.60. The van der Waals surface area contributed by atoms with Gasteiger partial charge in [-0.05, 0) is 43.4 Å². The molecule has 1 aromatic carbocycles. The van der Waals surface area contributed by atoms with Gasteiger partial charge in [-0.1, -0.05) is 6.07 Å². The lowest BCUT2D eigenvalue weighted by molar-refractivity contribution is -0.143. The number of allylic oxidation sites excluding steroid dienone is 1. The fourth-order valence-electron chi connectivity index (χ4n) is 3.98. The molecular formula is C22H22F4N4O3. The zero-order valence-electron chi connectivity index (χ0n) is 17.7. The van der Waals surface area contributed by atoms with Crippen molar-refractivity contribution < 1.29 is 31.9 Å². The first-order valence-electron chi connectivity index (χ1n) is 10.5. The standard InChI is InChI=1S/C22H22F4N4O3/c1-2-28-30-11-14(13-3-4-13)10-27-19(30)20(32)29-21(7-8-33-12-18(21)31)16-6-5-15(9-17(16)23)22(24,25)26/h2,5-6,9-11,13,19H,3-4,7-8,12H2,1H3,(H,29,32)/b28-2-. The van der Waals surface area contributed by atoms with Gasteiger partial charge in [-0.3, -0.25) is 14.6 Å². The number of carbonyl (C=O) groups is 2. The second-order valence-electron chi connectivity index (χ2n) is 8.12. The van der Waals surface area contributed by atoms with E-state index in [0.29, 0.717) is 18.1 Å². The van der Waals surface area contributed by atoms with E-state index in [2.05, 4.69) is 15.4 Å². The van der Waals surface area contributed by atoms with Crippen molar-refractivity contribution in [2.24, 2.45) is 16.0 Å². The highest BCUT2D eigenvalue weighted by molar-refractivity contribution is 5.97. The van der Waals surface area contributed by atoms with Gasteiger partial charge < -0.3 is 10.1 Å². The molecule has 11 heteroatoms. The summed E-state index contributed by atoms with van der Waals surface area (Å²) in [6, 6.07) is 1.90. The van der Waals surface area contributed by atoms with Crippen LogP contribution in [0.5, 0.6) is 0 Å². The van der Waals surface area contributed by atoms with Crippen LogP contribution in [0.1, 0.15) is 37.3 Å². The van der Waals surface area contributed by atoms with E-state index in [4.69, 9.17) is 4.74 Å². The van der Waals surface area contributed by atoms with Gasteiger partial charge in [-0.15, -0.1) is 0 Å². The van der Waals surface area contributed by atoms with Crippen molar-refractivity contribution in [3.05, 3.63) is 46.9 Å². The maximum atomic E-state index is 14.9. The van der Waals surface area contributed by atoms with Crippen molar-refractivity contribution in [1.82, 2.24) is 10.3 Å². The van der Waals surface area contributed by atoms with Crippen LogP contribution in [0.2, 0.25) is 0 Å². The van der Waals surface area contributed by atoms with Crippen LogP contribution in [-0.4, -0.2) is 48.5 Å². The van der Waals surface area contributed by atoms with Gasteiger partial charge >= 0.3 is 6.18 Å². The lowest BCUT2D eigenvalue weighted by Crippen LogP contribution is -2.59. The maximum absolute atomic E-state index is 14.9. The van der Waals surface area contributed by atoms with E-state index in [1.54, 1.807) is 19.3 Å². The van der Waals surface area contributed by atoms with Crippen LogP contribution in [0.15, 0.2) is 40.1 Å². The first-order valence-corrected chi connectivity index (χ1v) is 10.5. The molecule has 3 aliphatic rings. The number of nitrogens with zero attached hydrogens (tertiary/aromatic N) is 3. The second kappa shape index (κ2) is 8.69. The number of ketones is 1. The monoisotopic (exact) mass is 466 g/mol. The minimum Gasteiger partial charge on any atom is -0.373 e. The fourth-order valence-corrected chi connectivity index (χ4v) is 3.98. The summed E-state index contributed by atoms with van der Waals surface area (Å²) in [6.45, 7) is 1.25. The fraction of sp³-hybridized carbons (Fsp3) is 0.455. The van der Waals surface area contributed by atoms with Gasteiger partial charge in [0.2, 0.25) is 6.17 Å². The highest BCUT2D eigenvalue weighted by atomic mass is 19.4. The number of halogens is 4. The molecule has 2 atom stereocenters. The normalized spacial score (nSPS) is 26.0. The number of aliphatic imine (C=N–C) groups is 1. The van der Waals surface area contributed by atoms with Gasteiger partial charge in [0.1, 0.15) is 18.0 Å². The first kappa shape index (κ1) is 23.1. The van der Waals surface area contributed by atoms with Crippen molar-refractivity contribution >= 4 is 24.1 Å². The molecule has 7 nitrogen and oxygen atoms in total. The van der Waals surface area contributed by atoms with E-state index < -0.39 is 47.6 Å². The van der Waals surface area contributed by atoms with Crippen molar-refractivity contribution in [2.75, 3.05) is 13.2 Å². The number of hydrazone groups is 1. The van der Waals surface area contributed by atoms with Gasteiger partial charge in [0.15, 0.2) is 5.78 Å². The molecule has 1 saturated carbocycles. The SMILES string of the molecule is C/C=N\N1C=C(C2CC2)C=NC1C(=O)NC1(c2ccc(C(F)(F)F)cc2F)CCOCC1=O. The lowest BCUT2D eigenvalue weighted by Gasteiger charge is -2.38. The third-order valence-electron chi connectivity index (χ3n) is 5.85. The molecule has 2 unspecified atom stereocenters. The average molecular weight is 466 g/mol. The summed E-state index contributed by atoms with van der Waals surface area (Å²) in [7, 11) is 0. The molecule has 1 aromatic rings. The predicted octanol–water partition coefficient (Wildman–Crippen LogP) is 3.16. The Morgan fingerprint density at radius 1 is 1.36 bits per heavy atom. The van der Waals surface area contributed by atoms with E-state index in [9.17, 15) is 27.2 Å². The number of carbonyl (C=O) groups excluding carboxylic acids is 2. The molecular weight excluding hydrogens is 444 g/mol. The van der Waals surface area contributed by atoms with Crippen molar-refractivity contribution in [1.29, 1.82) is 0 Å². The van der Waals surface area contributed by atoms with Crippen LogP contribution in [0.3, 0.4) is 0 Å². The predicted molar refractivity (Wildman–Crippen MR) is 111 cm³/mol. The van der Waals surface area contributed by atoms with E-state index >= 15 is 0 Å². The van der Waals surface area contributed by atoms with Gasteiger partial charge in [0, 0.05) is 30.6 Å². The van der Waals surface area contributed by atoms with Crippen LogP contribution in [0.25, 0.3) is 0 Å². The minimum absolute atomic E-state index is 0.00295. The zero-order chi connectivity index (χ0) is 23.8. The van der Waals surface area contributed by atoms with Crippen molar-refractivity contribution in [3.63, 3.8) is 0 Å². The molecule has 33 heavy (non-hydrogen) atoms. The van der Waals surface area contributed by atoms with Crippen LogP contribution >= 0.6 is 0 Å². The second-order valence-corrected chi connectivity index (χ2v) is 8.12. The number of amides is 1. The zero-order valence-corrected chi connectivity index (χ0v) is 17.7. The minimum atomic E-state index is -4.75. The topological polar surface area (TPSA) is 83.4 Å². The number of Topliss-reactive ketones (excluding diaryl/α,β-unsaturated/α-hetero) is 1. The van der Waals surface area contributed by atoms with Crippen LogP contribution < -0.4 is 5.32 Å². The molecule has 0 spiro atoms. The molecule has 0 bridgehead atoms. The lowest BCUT2D eigenvalue weighted by atomic mass is 9.80. The molecule has 0 radical (unpaired) electrons. The molecule has 2 fully saturated rings. The Morgan fingerprint density at radius 3 is 2.73 bits per heavy atom. The third kappa shape index (κ3) is 4.54. The van der Waals surface area contributed by atoms with Gasteiger partial charge in [-0.25, -0.2) is 9.40 Å². The Labute approximate surface area is 187 Å². The molecule has 1 aliphatic carbocycles. The highest BCUT2D eigenvalue weighted by Gasteiger charge is 2.47. The largest absolute Gasteiger partial charge is 0.416 e.